The van der Waals surface area contributed by atoms with E-state index in [1.165, 1.54) is 0 Å². The van der Waals surface area contributed by atoms with Crippen LogP contribution in [-0.2, 0) is 16.5 Å². The lowest BCUT2D eigenvalue weighted by atomic mass is 9.98. The van der Waals surface area contributed by atoms with Crippen LogP contribution in [0, 0.1) is 6.92 Å². The molecule has 126 valence electrons. The van der Waals surface area contributed by atoms with Gasteiger partial charge in [0.05, 0.1) is 17.1 Å². The molecule has 1 aromatic carbocycles. The largest absolute Gasteiger partial charge is 0.416 e. The second-order valence-corrected chi connectivity index (χ2v) is 6.45. The minimum absolute atomic E-state index is 0.101. The molecule has 2 aliphatic rings. The van der Waals surface area contributed by atoms with Crippen molar-refractivity contribution in [2.24, 2.45) is 0 Å². The highest BCUT2D eigenvalue weighted by Gasteiger charge is 2.48. The molecule has 2 N–H and O–H groups in total. The summed E-state index contributed by atoms with van der Waals surface area (Å²) in [6.07, 6.45) is -4.20. The van der Waals surface area contributed by atoms with Crippen molar-refractivity contribution in [1.82, 2.24) is 10.6 Å². The third kappa shape index (κ3) is 3.34. The van der Waals surface area contributed by atoms with Crippen molar-refractivity contribution in [2.45, 2.75) is 50.1 Å². The van der Waals surface area contributed by atoms with Crippen LogP contribution in [0.5, 0.6) is 0 Å². The van der Waals surface area contributed by atoms with Gasteiger partial charge in [0.2, 0.25) is 5.91 Å². The van der Waals surface area contributed by atoms with Gasteiger partial charge in [0, 0.05) is 13.0 Å². The van der Waals surface area contributed by atoms with E-state index in [0.29, 0.717) is 24.0 Å². The van der Waals surface area contributed by atoms with Gasteiger partial charge in [-0.05, 0) is 37.5 Å². The van der Waals surface area contributed by atoms with Crippen LogP contribution in [-0.4, -0.2) is 24.7 Å². The van der Waals surface area contributed by atoms with Gasteiger partial charge < -0.3 is 10.6 Å². The highest BCUT2D eigenvalue weighted by molar-refractivity contribution is 5.83. The van der Waals surface area contributed by atoms with Crippen molar-refractivity contribution in [3.8, 4) is 0 Å². The van der Waals surface area contributed by atoms with Crippen LogP contribution in [0.1, 0.15) is 36.0 Å². The summed E-state index contributed by atoms with van der Waals surface area (Å²) in [7, 11) is 0. The minimum atomic E-state index is -4.42. The molecule has 1 amide bonds. The number of rotatable bonds is 3. The van der Waals surface area contributed by atoms with Crippen LogP contribution in [0.15, 0.2) is 18.2 Å². The Morgan fingerprint density at radius 1 is 1.30 bits per heavy atom. The molecule has 0 bridgehead atoms. The fourth-order valence-electron chi connectivity index (χ4n) is 3.05. The van der Waals surface area contributed by atoms with E-state index in [-0.39, 0.29) is 18.9 Å². The molecule has 0 aromatic heterocycles. The number of carbonyl (C=O) groups excluding carboxylic acids is 1. The number of nitrogens with one attached hydrogen (secondary N) is 2. The van der Waals surface area contributed by atoms with Gasteiger partial charge in [-0.25, -0.2) is 4.39 Å². The summed E-state index contributed by atoms with van der Waals surface area (Å²) in [6.45, 7) is 1.73. The van der Waals surface area contributed by atoms with Gasteiger partial charge in [-0.2, -0.15) is 13.2 Å². The molecule has 7 heteroatoms. The summed E-state index contributed by atoms with van der Waals surface area (Å²) in [4.78, 5) is 12.2. The third-order valence-corrected chi connectivity index (χ3v) is 4.46. The van der Waals surface area contributed by atoms with E-state index in [4.69, 9.17) is 0 Å². The molecular weight excluding hydrogens is 312 g/mol. The third-order valence-electron chi connectivity index (χ3n) is 4.46. The van der Waals surface area contributed by atoms with Gasteiger partial charge in [0.25, 0.3) is 0 Å². The minimum Gasteiger partial charge on any atom is -0.345 e. The fraction of sp³-hybridized carbons (Fsp3) is 0.562. The number of alkyl halides is 4. The van der Waals surface area contributed by atoms with Crippen LogP contribution < -0.4 is 10.6 Å². The standard InChI is InChI=1S/C16H18F4N2O/c1-9-4-10(6-11(5-9)16(18,19)20)15(2-3-15)22-14(23)13-7-12(17)8-21-13/h4-6,12-13,21H,2-3,7-8H2,1H3,(H,22,23)/t12-,13-/m1/s1. The van der Waals surface area contributed by atoms with Gasteiger partial charge in [-0.3, -0.25) is 4.79 Å². The molecule has 3 nitrogen and oxygen atoms in total. The van der Waals surface area contributed by atoms with E-state index in [0.717, 1.165) is 12.1 Å². The molecule has 0 unspecified atom stereocenters. The first-order valence-corrected chi connectivity index (χ1v) is 7.58. The molecule has 1 saturated carbocycles. The first-order chi connectivity index (χ1) is 10.7. The molecule has 0 spiro atoms. The average molecular weight is 330 g/mol. The molecule has 3 rings (SSSR count). The van der Waals surface area contributed by atoms with E-state index < -0.39 is 29.5 Å². The van der Waals surface area contributed by atoms with Crippen LogP contribution in [0.2, 0.25) is 0 Å². The Bertz CT molecular complexity index is 625. The highest BCUT2D eigenvalue weighted by atomic mass is 19.4. The molecular formula is C16H18F4N2O. The van der Waals surface area contributed by atoms with Crippen molar-refractivity contribution in [3.63, 3.8) is 0 Å². The molecule has 2 fully saturated rings. The summed E-state index contributed by atoms with van der Waals surface area (Å²) < 4.78 is 52.1. The number of hydrogen-bond donors (Lipinski definition) is 2. The molecule has 0 radical (unpaired) electrons. The van der Waals surface area contributed by atoms with Gasteiger partial charge >= 0.3 is 6.18 Å². The first kappa shape index (κ1) is 16.2. The predicted molar refractivity (Wildman–Crippen MR) is 76.5 cm³/mol. The lowest BCUT2D eigenvalue weighted by molar-refractivity contribution is -0.137. The first-order valence-electron chi connectivity index (χ1n) is 7.58. The van der Waals surface area contributed by atoms with Crippen molar-refractivity contribution < 1.29 is 22.4 Å². The molecule has 1 aliphatic heterocycles. The fourth-order valence-corrected chi connectivity index (χ4v) is 3.05. The Morgan fingerprint density at radius 2 is 2.00 bits per heavy atom. The molecule has 2 atom stereocenters. The number of carbonyl (C=O) groups is 1. The summed E-state index contributed by atoms with van der Waals surface area (Å²) in [5.41, 5.74) is -0.499. The van der Waals surface area contributed by atoms with Gasteiger partial charge in [0.15, 0.2) is 0 Å². The maximum Gasteiger partial charge on any atom is 0.416 e. The lowest BCUT2D eigenvalue weighted by Crippen LogP contribution is -2.45. The SMILES string of the molecule is Cc1cc(C(F)(F)F)cc(C2(NC(=O)[C@H]3C[C@@H](F)CN3)CC2)c1. The summed E-state index contributed by atoms with van der Waals surface area (Å²) in [6, 6.07) is 3.24. The number of halogens is 4. The Hall–Kier alpha value is -1.63. The Labute approximate surface area is 131 Å². The van der Waals surface area contributed by atoms with E-state index >= 15 is 0 Å². The lowest BCUT2D eigenvalue weighted by Gasteiger charge is -2.22. The van der Waals surface area contributed by atoms with Crippen LogP contribution in [0.4, 0.5) is 17.6 Å². The average Bonchev–Trinajstić information content (AvgIpc) is 3.10. The normalized spacial score (nSPS) is 26.1. The van der Waals surface area contributed by atoms with E-state index in [1.54, 1.807) is 13.0 Å². The van der Waals surface area contributed by atoms with Crippen molar-refractivity contribution in [3.05, 3.63) is 34.9 Å². The van der Waals surface area contributed by atoms with Gasteiger partial charge in [-0.15, -0.1) is 0 Å². The van der Waals surface area contributed by atoms with E-state index in [9.17, 15) is 22.4 Å². The van der Waals surface area contributed by atoms with Gasteiger partial charge in [-0.1, -0.05) is 11.6 Å². The Morgan fingerprint density at radius 3 is 2.52 bits per heavy atom. The molecule has 1 aromatic rings. The monoisotopic (exact) mass is 330 g/mol. The van der Waals surface area contributed by atoms with Crippen molar-refractivity contribution in [2.75, 3.05) is 6.54 Å². The Balaban J connectivity index is 1.81. The van der Waals surface area contributed by atoms with Crippen molar-refractivity contribution >= 4 is 5.91 Å². The van der Waals surface area contributed by atoms with E-state index in [2.05, 4.69) is 10.6 Å². The van der Waals surface area contributed by atoms with Crippen LogP contribution in [0.25, 0.3) is 0 Å². The summed E-state index contributed by atoms with van der Waals surface area (Å²) >= 11 is 0. The zero-order chi connectivity index (χ0) is 16.8. The summed E-state index contributed by atoms with van der Waals surface area (Å²) in [5, 5.41) is 5.60. The second kappa shape index (κ2) is 5.47. The number of hydrogen-bond acceptors (Lipinski definition) is 2. The number of aryl methyl sites for hydroxylation is 1. The molecule has 1 aliphatic carbocycles. The second-order valence-electron chi connectivity index (χ2n) is 6.45. The smallest absolute Gasteiger partial charge is 0.345 e. The van der Waals surface area contributed by atoms with Crippen molar-refractivity contribution in [1.29, 1.82) is 0 Å². The maximum absolute atomic E-state index is 13.2. The highest BCUT2D eigenvalue weighted by Crippen LogP contribution is 2.47. The molecule has 23 heavy (non-hydrogen) atoms. The zero-order valence-electron chi connectivity index (χ0n) is 12.6. The van der Waals surface area contributed by atoms with E-state index in [1.807, 2.05) is 0 Å². The molecule has 1 heterocycles. The predicted octanol–water partition coefficient (Wildman–Crippen LogP) is 2.82. The maximum atomic E-state index is 13.2. The Kier molecular flexibility index (Phi) is 3.86. The van der Waals surface area contributed by atoms with Crippen LogP contribution in [0.3, 0.4) is 0 Å². The molecule has 1 saturated heterocycles. The number of benzene rings is 1. The number of amides is 1. The van der Waals surface area contributed by atoms with Crippen LogP contribution >= 0.6 is 0 Å². The zero-order valence-corrected chi connectivity index (χ0v) is 12.6. The summed E-state index contributed by atoms with van der Waals surface area (Å²) in [5.74, 6) is -0.349. The van der Waals surface area contributed by atoms with Gasteiger partial charge in [0.1, 0.15) is 6.17 Å². The topological polar surface area (TPSA) is 41.1 Å². The quantitative estimate of drug-likeness (QED) is 0.837.